The monoisotopic (exact) mass is 388 g/mol. The molecule has 6 heteroatoms. The minimum atomic E-state index is -0.857. The third-order valence-corrected chi connectivity index (χ3v) is 5.05. The van der Waals surface area contributed by atoms with E-state index in [1.165, 1.54) is 17.3 Å². The van der Waals surface area contributed by atoms with E-state index < -0.39 is 17.7 Å². The SMILES string of the molecule is CCc1ccc(N2C(=O)C(=O)/C(=C(\O)c3ccncc3)C2c2ccc(C)o2)cc1. The molecule has 1 aliphatic rings. The molecule has 146 valence electrons. The molecule has 4 rings (SSSR count). The molecule has 0 radical (unpaired) electrons. The van der Waals surface area contributed by atoms with Crippen molar-refractivity contribution in [1.82, 2.24) is 4.98 Å². The maximum absolute atomic E-state index is 13.0. The van der Waals surface area contributed by atoms with Crippen LogP contribution in [0, 0.1) is 6.92 Å². The average Bonchev–Trinajstić information content (AvgIpc) is 3.29. The van der Waals surface area contributed by atoms with Crippen LogP contribution in [0.15, 0.2) is 70.9 Å². The quantitative estimate of drug-likeness (QED) is 0.412. The Labute approximate surface area is 168 Å². The summed E-state index contributed by atoms with van der Waals surface area (Å²) in [6.07, 6.45) is 3.89. The minimum Gasteiger partial charge on any atom is -0.507 e. The highest BCUT2D eigenvalue weighted by Crippen LogP contribution is 2.42. The van der Waals surface area contributed by atoms with Crippen LogP contribution in [0.25, 0.3) is 5.76 Å². The number of hydrogen-bond donors (Lipinski definition) is 1. The summed E-state index contributed by atoms with van der Waals surface area (Å²) in [5, 5.41) is 10.9. The second-order valence-electron chi connectivity index (χ2n) is 6.87. The van der Waals surface area contributed by atoms with Crippen LogP contribution in [-0.4, -0.2) is 21.8 Å². The lowest BCUT2D eigenvalue weighted by Crippen LogP contribution is -2.29. The molecule has 1 fully saturated rings. The number of anilines is 1. The van der Waals surface area contributed by atoms with E-state index in [4.69, 9.17) is 4.42 Å². The summed E-state index contributed by atoms with van der Waals surface area (Å²) in [7, 11) is 0. The van der Waals surface area contributed by atoms with Crippen molar-refractivity contribution in [3.8, 4) is 0 Å². The largest absolute Gasteiger partial charge is 0.507 e. The molecule has 1 aliphatic heterocycles. The van der Waals surface area contributed by atoms with Crippen molar-refractivity contribution in [3.05, 3.63) is 89.1 Å². The van der Waals surface area contributed by atoms with E-state index in [9.17, 15) is 14.7 Å². The van der Waals surface area contributed by atoms with Crippen molar-refractivity contribution >= 4 is 23.1 Å². The normalized spacial score (nSPS) is 18.4. The Kier molecular flexibility index (Phi) is 4.76. The summed E-state index contributed by atoms with van der Waals surface area (Å²) in [6, 6.07) is 13.3. The van der Waals surface area contributed by atoms with Gasteiger partial charge in [0, 0.05) is 23.6 Å². The molecule has 29 heavy (non-hydrogen) atoms. The van der Waals surface area contributed by atoms with Gasteiger partial charge in [0.15, 0.2) is 0 Å². The number of rotatable bonds is 4. The molecule has 1 atom stereocenters. The van der Waals surface area contributed by atoms with Crippen molar-refractivity contribution < 1.29 is 19.1 Å². The molecular formula is C23H20N2O4. The fourth-order valence-electron chi connectivity index (χ4n) is 3.53. The zero-order valence-electron chi connectivity index (χ0n) is 16.1. The molecule has 1 aromatic carbocycles. The Balaban J connectivity index is 1.91. The Bertz CT molecular complexity index is 1100. The molecule has 1 N–H and O–H groups in total. The molecule has 0 saturated carbocycles. The van der Waals surface area contributed by atoms with Crippen molar-refractivity contribution in [1.29, 1.82) is 0 Å². The minimum absolute atomic E-state index is 0.00452. The van der Waals surface area contributed by atoms with E-state index in [1.807, 2.05) is 19.1 Å². The van der Waals surface area contributed by atoms with E-state index in [0.717, 1.165) is 12.0 Å². The summed E-state index contributed by atoms with van der Waals surface area (Å²) in [5.41, 5.74) is 2.09. The maximum atomic E-state index is 13.0. The number of ketones is 1. The van der Waals surface area contributed by atoms with Crippen molar-refractivity contribution in [3.63, 3.8) is 0 Å². The van der Waals surface area contributed by atoms with Gasteiger partial charge in [-0.1, -0.05) is 19.1 Å². The maximum Gasteiger partial charge on any atom is 0.300 e. The van der Waals surface area contributed by atoms with Crippen LogP contribution in [0.4, 0.5) is 5.69 Å². The molecule has 1 amide bonds. The second-order valence-corrected chi connectivity index (χ2v) is 6.87. The highest BCUT2D eigenvalue weighted by atomic mass is 16.3. The number of nitrogens with zero attached hydrogens (tertiary/aromatic N) is 2. The number of amides is 1. The van der Waals surface area contributed by atoms with Gasteiger partial charge in [-0.05, 0) is 55.3 Å². The van der Waals surface area contributed by atoms with Gasteiger partial charge in [-0.15, -0.1) is 0 Å². The number of pyridine rings is 1. The van der Waals surface area contributed by atoms with Crippen LogP contribution in [0.3, 0.4) is 0 Å². The standard InChI is InChI=1S/C23H20N2O4/c1-3-15-5-7-17(8-6-15)25-20(18-9-4-14(2)29-18)19(22(27)23(25)28)21(26)16-10-12-24-13-11-16/h4-13,20,26H,3H2,1-2H3/b21-19-. The molecule has 1 unspecified atom stereocenters. The van der Waals surface area contributed by atoms with Gasteiger partial charge in [0.2, 0.25) is 0 Å². The van der Waals surface area contributed by atoms with Crippen LogP contribution in [0.1, 0.15) is 35.6 Å². The number of furan rings is 1. The first-order valence-electron chi connectivity index (χ1n) is 9.38. The van der Waals surface area contributed by atoms with Crippen molar-refractivity contribution in [2.75, 3.05) is 4.90 Å². The van der Waals surface area contributed by atoms with Gasteiger partial charge in [-0.3, -0.25) is 19.5 Å². The lowest BCUT2D eigenvalue weighted by Gasteiger charge is -2.23. The number of carbonyl (C=O) groups excluding carboxylic acids is 2. The van der Waals surface area contributed by atoms with E-state index in [-0.39, 0.29) is 11.3 Å². The van der Waals surface area contributed by atoms with Crippen LogP contribution >= 0.6 is 0 Å². The van der Waals surface area contributed by atoms with E-state index >= 15 is 0 Å². The predicted octanol–water partition coefficient (Wildman–Crippen LogP) is 4.17. The topological polar surface area (TPSA) is 83.6 Å². The molecule has 2 aromatic heterocycles. The number of hydrogen-bond acceptors (Lipinski definition) is 5. The Hall–Kier alpha value is -3.67. The highest BCUT2D eigenvalue weighted by molar-refractivity contribution is 6.51. The molecule has 6 nitrogen and oxygen atoms in total. The predicted molar refractivity (Wildman–Crippen MR) is 108 cm³/mol. The first-order valence-corrected chi connectivity index (χ1v) is 9.38. The lowest BCUT2D eigenvalue weighted by atomic mass is 9.99. The molecule has 3 aromatic rings. The van der Waals surface area contributed by atoms with E-state index in [0.29, 0.717) is 22.8 Å². The van der Waals surface area contributed by atoms with Gasteiger partial charge in [-0.25, -0.2) is 0 Å². The molecule has 1 saturated heterocycles. The number of Topliss-reactive ketones (excluding diaryl/α,β-unsaturated/α-hetero) is 1. The average molecular weight is 388 g/mol. The van der Waals surface area contributed by atoms with Crippen LogP contribution in [0.2, 0.25) is 0 Å². The smallest absolute Gasteiger partial charge is 0.300 e. The summed E-state index contributed by atoms with van der Waals surface area (Å²) in [5.74, 6) is -0.646. The summed E-state index contributed by atoms with van der Waals surface area (Å²) in [4.78, 5) is 31.2. The number of aromatic nitrogens is 1. The third-order valence-electron chi connectivity index (χ3n) is 5.05. The first kappa shape index (κ1) is 18.7. The third kappa shape index (κ3) is 3.23. The molecule has 0 bridgehead atoms. The Morgan fingerprint density at radius 3 is 2.34 bits per heavy atom. The van der Waals surface area contributed by atoms with Crippen molar-refractivity contribution in [2.24, 2.45) is 0 Å². The number of aryl methyl sites for hydroxylation is 2. The Morgan fingerprint density at radius 1 is 1.07 bits per heavy atom. The lowest BCUT2D eigenvalue weighted by molar-refractivity contribution is -0.132. The Morgan fingerprint density at radius 2 is 1.76 bits per heavy atom. The van der Waals surface area contributed by atoms with Gasteiger partial charge in [0.05, 0.1) is 5.57 Å². The van der Waals surface area contributed by atoms with E-state index in [1.54, 1.807) is 43.3 Å². The van der Waals surface area contributed by atoms with Crippen molar-refractivity contribution in [2.45, 2.75) is 26.3 Å². The van der Waals surface area contributed by atoms with Gasteiger partial charge in [-0.2, -0.15) is 0 Å². The summed E-state index contributed by atoms with van der Waals surface area (Å²) < 4.78 is 5.77. The fraction of sp³-hybridized carbons (Fsp3) is 0.174. The zero-order chi connectivity index (χ0) is 20.5. The first-order chi connectivity index (χ1) is 14.0. The highest BCUT2D eigenvalue weighted by Gasteiger charge is 2.48. The fourth-order valence-corrected chi connectivity index (χ4v) is 3.53. The summed E-state index contributed by atoms with van der Waals surface area (Å²) >= 11 is 0. The number of carbonyl (C=O) groups is 2. The second kappa shape index (κ2) is 7.39. The number of aliphatic hydroxyl groups is 1. The van der Waals surface area contributed by atoms with Crippen LogP contribution in [0.5, 0.6) is 0 Å². The number of aliphatic hydroxyl groups excluding tert-OH is 1. The molecular weight excluding hydrogens is 368 g/mol. The van der Waals surface area contributed by atoms with Gasteiger partial charge < -0.3 is 9.52 Å². The molecule has 0 spiro atoms. The van der Waals surface area contributed by atoms with Crippen LogP contribution in [-0.2, 0) is 16.0 Å². The summed E-state index contributed by atoms with van der Waals surface area (Å²) in [6.45, 7) is 3.83. The molecule has 0 aliphatic carbocycles. The van der Waals surface area contributed by atoms with Gasteiger partial charge in [0.1, 0.15) is 23.3 Å². The molecule has 3 heterocycles. The zero-order valence-corrected chi connectivity index (χ0v) is 16.1. The van der Waals surface area contributed by atoms with Gasteiger partial charge >= 0.3 is 0 Å². The number of benzene rings is 1. The van der Waals surface area contributed by atoms with Gasteiger partial charge in [0.25, 0.3) is 11.7 Å². The van der Waals surface area contributed by atoms with E-state index in [2.05, 4.69) is 4.98 Å². The van der Waals surface area contributed by atoms with Crippen LogP contribution < -0.4 is 4.90 Å².